The zero-order chi connectivity index (χ0) is 49.9. The van der Waals surface area contributed by atoms with Crippen molar-refractivity contribution >= 4 is 47.4 Å². The van der Waals surface area contributed by atoms with Gasteiger partial charge in [-0.25, -0.2) is 4.79 Å². The molecule has 372 valence electrons. The Morgan fingerprint density at radius 2 is 0.910 bits per heavy atom. The van der Waals surface area contributed by atoms with Crippen molar-refractivity contribution in [3.63, 3.8) is 0 Å². The fourth-order valence-electron chi connectivity index (χ4n) is 6.99. The molecule has 0 fully saturated rings. The molecule has 21 nitrogen and oxygen atoms in total. The van der Waals surface area contributed by atoms with Crippen LogP contribution in [0.2, 0.25) is 0 Å². The number of unbranched alkanes of at least 4 members (excludes halogenated alkanes) is 3. The Kier molecular flexibility index (Phi) is 26.3. The van der Waals surface area contributed by atoms with Gasteiger partial charge in [0.05, 0.1) is 6.04 Å². The highest BCUT2D eigenvalue weighted by molar-refractivity contribution is 5.97. The molecule has 2 aromatic carbocycles. The van der Waals surface area contributed by atoms with Crippen LogP contribution in [0.5, 0.6) is 5.75 Å². The van der Waals surface area contributed by atoms with E-state index in [2.05, 4.69) is 31.9 Å². The predicted molar refractivity (Wildman–Crippen MR) is 250 cm³/mol. The standard InChI is InChI=1S/C46H72N10O11/c1-28(2)39(56-40(60)32(50)26-30-17-19-31(57)20-18-30)45(65)53-35(21-22-38(58)59)43(63)55-37(27-29-12-4-3-5-13-29)44(64)52-33(14-6-9-23-47)41(61)51-34(15-7-10-24-48)42(62)54-36(46(66)67)16-8-11-25-49/h3-5,12-13,17-20,28,32-37,39,57H,6-11,14-16,21-27,47-50H2,1-2H3,(H,51,61)(H,52,64)(H,53,65)(H,54,62)(H,55,63)(H,56,60)(H,58,59)(H,66,67). The summed E-state index contributed by atoms with van der Waals surface area (Å²) >= 11 is 0. The lowest BCUT2D eigenvalue weighted by Crippen LogP contribution is -2.60. The Bertz CT molecular complexity index is 1890. The average molecular weight is 941 g/mol. The first-order valence-electron chi connectivity index (χ1n) is 22.8. The first-order chi connectivity index (χ1) is 31.9. The van der Waals surface area contributed by atoms with Crippen LogP contribution in [0, 0.1) is 5.92 Å². The molecule has 6 amide bonds. The minimum absolute atomic E-state index is 0.0306. The first-order valence-corrected chi connectivity index (χ1v) is 22.8. The van der Waals surface area contributed by atoms with Crippen molar-refractivity contribution in [2.75, 3.05) is 19.6 Å². The molecule has 67 heavy (non-hydrogen) atoms. The molecule has 7 unspecified atom stereocenters. The van der Waals surface area contributed by atoms with Crippen LogP contribution in [-0.4, -0.2) is 125 Å². The Balaban J connectivity index is 2.41. The molecule has 0 aromatic heterocycles. The van der Waals surface area contributed by atoms with Gasteiger partial charge in [0, 0.05) is 12.8 Å². The van der Waals surface area contributed by atoms with E-state index in [1.165, 1.54) is 12.1 Å². The summed E-state index contributed by atoms with van der Waals surface area (Å²) in [5, 5.41) is 44.6. The molecule has 2 rings (SSSR count). The fraction of sp³-hybridized carbons (Fsp3) is 0.565. The minimum Gasteiger partial charge on any atom is -0.508 e. The number of phenolic OH excluding ortho intramolecular Hbond substituents is 1. The zero-order valence-corrected chi connectivity index (χ0v) is 38.5. The minimum atomic E-state index is -1.51. The van der Waals surface area contributed by atoms with E-state index in [1.807, 2.05) is 0 Å². The predicted octanol–water partition coefficient (Wildman–Crippen LogP) is -0.594. The number of phenols is 1. The number of carboxylic acids is 2. The number of carboxylic acid groups (broad SMARTS) is 2. The molecule has 0 saturated carbocycles. The number of hydrogen-bond acceptors (Lipinski definition) is 13. The third kappa shape index (κ3) is 21.8. The summed E-state index contributed by atoms with van der Waals surface area (Å²) < 4.78 is 0. The van der Waals surface area contributed by atoms with Crippen molar-refractivity contribution < 1.29 is 53.7 Å². The number of nitrogens with two attached hydrogens (primary N) is 4. The number of rotatable bonds is 33. The van der Waals surface area contributed by atoms with Gasteiger partial charge in [-0.05, 0) is 119 Å². The number of nitrogens with one attached hydrogen (secondary N) is 6. The second-order valence-corrected chi connectivity index (χ2v) is 16.8. The smallest absolute Gasteiger partial charge is 0.326 e. The second kappa shape index (κ2) is 30.9. The largest absolute Gasteiger partial charge is 0.508 e. The van der Waals surface area contributed by atoms with E-state index in [9.17, 15) is 53.7 Å². The van der Waals surface area contributed by atoms with E-state index in [1.54, 1.807) is 56.3 Å². The molecule has 0 saturated heterocycles. The highest BCUT2D eigenvalue weighted by Crippen LogP contribution is 2.14. The molecule has 0 radical (unpaired) electrons. The number of aromatic hydroxyl groups is 1. The van der Waals surface area contributed by atoms with E-state index in [-0.39, 0.29) is 44.4 Å². The number of hydrogen-bond donors (Lipinski definition) is 13. The van der Waals surface area contributed by atoms with Crippen LogP contribution in [0.25, 0.3) is 0 Å². The normalized spacial score (nSPS) is 14.3. The lowest BCUT2D eigenvalue weighted by atomic mass is 10.00. The van der Waals surface area contributed by atoms with Gasteiger partial charge < -0.3 is 70.2 Å². The molecule has 21 heteroatoms. The summed E-state index contributed by atoms with van der Waals surface area (Å²) in [7, 11) is 0. The van der Waals surface area contributed by atoms with Crippen molar-refractivity contribution in [1.29, 1.82) is 0 Å². The van der Waals surface area contributed by atoms with Gasteiger partial charge in [0.2, 0.25) is 35.4 Å². The van der Waals surface area contributed by atoms with Crippen molar-refractivity contribution in [3.05, 3.63) is 65.7 Å². The molecule has 0 aliphatic heterocycles. The van der Waals surface area contributed by atoms with E-state index < -0.39 is 108 Å². The topological polar surface area (TPSA) is 374 Å². The van der Waals surface area contributed by atoms with Gasteiger partial charge in [-0.15, -0.1) is 0 Å². The number of benzene rings is 2. The summed E-state index contributed by atoms with van der Waals surface area (Å²) in [6.45, 7) is 4.22. The quantitative estimate of drug-likeness (QED) is 0.0398. The van der Waals surface area contributed by atoms with Crippen molar-refractivity contribution in [2.24, 2.45) is 28.9 Å². The summed E-state index contributed by atoms with van der Waals surface area (Å²) in [6, 6.07) is 5.73. The zero-order valence-electron chi connectivity index (χ0n) is 38.5. The van der Waals surface area contributed by atoms with E-state index in [4.69, 9.17) is 22.9 Å². The van der Waals surface area contributed by atoms with Gasteiger partial charge in [0.1, 0.15) is 42.0 Å². The van der Waals surface area contributed by atoms with E-state index >= 15 is 0 Å². The average Bonchev–Trinajstić information content (AvgIpc) is 3.28. The van der Waals surface area contributed by atoms with Gasteiger partial charge in [0.15, 0.2) is 0 Å². The molecule has 0 aliphatic rings. The third-order valence-electron chi connectivity index (χ3n) is 10.9. The molecule has 17 N–H and O–H groups in total. The lowest BCUT2D eigenvalue weighted by molar-refractivity contribution is -0.142. The van der Waals surface area contributed by atoms with Crippen LogP contribution in [0.4, 0.5) is 0 Å². The fourth-order valence-corrected chi connectivity index (χ4v) is 6.99. The summed E-state index contributed by atoms with van der Waals surface area (Å²) in [4.78, 5) is 107. The number of amides is 6. The Hall–Kier alpha value is -6.16. The number of carbonyl (C=O) groups is 8. The van der Waals surface area contributed by atoms with Crippen molar-refractivity contribution in [2.45, 2.75) is 140 Å². The molecule has 0 bridgehead atoms. The highest BCUT2D eigenvalue weighted by atomic mass is 16.4. The van der Waals surface area contributed by atoms with Gasteiger partial charge >= 0.3 is 11.9 Å². The van der Waals surface area contributed by atoms with Crippen LogP contribution in [0.15, 0.2) is 54.6 Å². The highest BCUT2D eigenvalue weighted by Gasteiger charge is 2.34. The molecular weight excluding hydrogens is 869 g/mol. The lowest BCUT2D eigenvalue weighted by Gasteiger charge is -2.28. The summed E-state index contributed by atoms with van der Waals surface area (Å²) in [6.07, 6.45) is 2.04. The molecule has 2 aromatic rings. The van der Waals surface area contributed by atoms with Crippen molar-refractivity contribution in [3.8, 4) is 5.75 Å². The molecule has 0 heterocycles. The molecule has 7 atom stereocenters. The van der Waals surface area contributed by atoms with E-state index in [0.29, 0.717) is 62.7 Å². The maximum absolute atomic E-state index is 14.3. The summed E-state index contributed by atoms with van der Waals surface area (Å²) in [5.74, 6) is -7.76. The molecule has 0 aliphatic carbocycles. The monoisotopic (exact) mass is 941 g/mol. The molecule has 0 spiro atoms. The maximum atomic E-state index is 14.3. The third-order valence-corrected chi connectivity index (χ3v) is 10.9. The summed E-state index contributed by atoms with van der Waals surface area (Å²) in [5.41, 5.74) is 24.4. The van der Waals surface area contributed by atoms with Crippen LogP contribution in [0.3, 0.4) is 0 Å². The first kappa shape index (κ1) is 57.0. The van der Waals surface area contributed by atoms with Gasteiger partial charge in [0.25, 0.3) is 0 Å². The number of aliphatic carboxylic acids is 2. The van der Waals surface area contributed by atoms with E-state index in [0.717, 1.165) is 0 Å². The Labute approximate surface area is 391 Å². The van der Waals surface area contributed by atoms with Crippen LogP contribution < -0.4 is 54.8 Å². The van der Waals surface area contributed by atoms with Gasteiger partial charge in [-0.2, -0.15) is 0 Å². The Morgan fingerprint density at radius 1 is 0.493 bits per heavy atom. The second-order valence-electron chi connectivity index (χ2n) is 16.8. The van der Waals surface area contributed by atoms with Crippen LogP contribution >= 0.6 is 0 Å². The van der Waals surface area contributed by atoms with Gasteiger partial charge in [-0.3, -0.25) is 33.6 Å². The van der Waals surface area contributed by atoms with Crippen molar-refractivity contribution in [1.82, 2.24) is 31.9 Å². The maximum Gasteiger partial charge on any atom is 0.326 e. The SMILES string of the molecule is CC(C)C(NC(=O)C(N)Cc1ccc(O)cc1)C(=O)NC(CCC(=O)O)C(=O)NC(Cc1ccccc1)C(=O)NC(CCCCN)C(=O)NC(CCCCN)C(=O)NC(CCCCN)C(=O)O. The van der Waals surface area contributed by atoms with Crippen LogP contribution in [0.1, 0.15) is 95.6 Å². The Morgan fingerprint density at radius 3 is 1.37 bits per heavy atom. The van der Waals surface area contributed by atoms with Crippen LogP contribution in [-0.2, 0) is 51.2 Å². The molecular formula is C46H72N10O11. The van der Waals surface area contributed by atoms with Gasteiger partial charge in [-0.1, -0.05) is 56.3 Å². The number of carbonyl (C=O) groups excluding carboxylic acids is 6.